The van der Waals surface area contributed by atoms with Crippen LogP contribution in [0.1, 0.15) is 24.6 Å². The Bertz CT molecular complexity index is 744. The molecule has 0 unspecified atom stereocenters. The van der Waals surface area contributed by atoms with E-state index in [4.69, 9.17) is 9.72 Å². The average Bonchev–Trinajstić information content (AvgIpc) is 3.00. The van der Waals surface area contributed by atoms with Crippen molar-refractivity contribution in [3.8, 4) is 0 Å². The molecular weight excluding hydrogens is 234 g/mol. The highest BCUT2D eigenvalue weighted by atomic mass is 16.5. The molecule has 0 radical (unpaired) electrons. The fourth-order valence-electron chi connectivity index (χ4n) is 2.97. The Kier molecular flexibility index (Phi) is 2.49. The topological polar surface area (TPSA) is 22.1 Å². The zero-order chi connectivity index (χ0) is 12.7. The van der Waals surface area contributed by atoms with Gasteiger partial charge in [-0.1, -0.05) is 42.5 Å². The molecule has 94 valence electrons. The van der Waals surface area contributed by atoms with E-state index in [0.717, 1.165) is 30.7 Å². The van der Waals surface area contributed by atoms with Crippen molar-refractivity contribution < 1.29 is 4.74 Å². The van der Waals surface area contributed by atoms with E-state index in [9.17, 15) is 0 Å². The van der Waals surface area contributed by atoms with Crippen molar-refractivity contribution in [2.24, 2.45) is 0 Å². The van der Waals surface area contributed by atoms with Gasteiger partial charge in [0.15, 0.2) is 0 Å². The van der Waals surface area contributed by atoms with Gasteiger partial charge in [0.1, 0.15) is 6.10 Å². The fraction of sp³-hybridized carbons (Fsp3) is 0.235. The first-order valence-electron chi connectivity index (χ1n) is 6.82. The van der Waals surface area contributed by atoms with Crippen molar-refractivity contribution in [1.29, 1.82) is 0 Å². The number of hydrogen-bond acceptors (Lipinski definition) is 2. The van der Waals surface area contributed by atoms with Crippen molar-refractivity contribution in [1.82, 2.24) is 4.98 Å². The van der Waals surface area contributed by atoms with Crippen LogP contribution < -0.4 is 0 Å². The fourth-order valence-corrected chi connectivity index (χ4v) is 2.97. The molecule has 0 N–H and O–H groups in total. The number of rotatable bonds is 1. The second-order valence-electron chi connectivity index (χ2n) is 5.06. The van der Waals surface area contributed by atoms with Gasteiger partial charge in [-0.25, -0.2) is 4.98 Å². The molecule has 1 aromatic heterocycles. The number of nitrogens with zero attached hydrogens (tertiary/aromatic N) is 1. The van der Waals surface area contributed by atoms with E-state index in [2.05, 4.69) is 42.5 Å². The lowest BCUT2D eigenvalue weighted by atomic mass is 10.0. The Morgan fingerprint density at radius 3 is 2.42 bits per heavy atom. The van der Waals surface area contributed by atoms with Crippen LogP contribution >= 0.6 is 0 Å². The quantitative estimate of drug-likeness (QED) is 0.602. The van der Waals surface area contributed by atoms with Crippen molar-refractivity contribution in [3.05, 3.63) is 54.2 Å². The first kappa shape index (κ1) is 10.9. The molecule has 2 nitrogen and oxygen atoms in total. The summed E-state index contributed by atoms with van der Waals surface area (Å²) in [6.07, 6.45) is 2.37. The Morgan fingerprint density at radius 2 is 1.63 bits per heavy atom. The summed E-state index contributed by atoms with van der Waals surface area (Å²) in [6.45, 7) is 0.855. The number of para-hydroxylation sites is 1. The lowest BCUT2D eigenvalue weighted by Crippen LogP contribution is -2.01. The second-order valence-corrected chi connectivity index (χ2v) is 5.06. The normalized spacial score (nSPS) is 19.3. The predicted molar refractivity (Wildman–Crippen MR) is 77.2 cm³/mol. The third-order valence-electron chi connectivity index (χ3n) is 3.87. The van der Waals surface area contributed by atoms with Crippen LogP contribution in [0.5, 0.6) is 0 Å². The molecule has 2 heterocycles. The minimum absolute atomic E-state index is 0.162. The molecule has 2 heteroatoms. The number of ether oxygens (including phenoxy) is 1. The monoisotopic (exact) mass is 249 g/mol. The summed E-state index contributed by atoms with van der Waals surface area (Å²) in [5.41, 5.74) is 2.17. The zero-order valence-corrected chi connectivity index (χ0v) is 10.7. The second kappa shape index (κ2) is 4.32. The summed E-state index contributed by atoms with van der Waals surface area (Å²) in [4.78, 5) is 4.86. The van der Waals surface area contributed by atoms with Crippen LogP contribution in [-0.4, -0.2) is 11.6 Å². The molecule has 0 amide bonds. The molecule has 1 fully saturated rings. The van der Waals surface area contributed by atoms with Gasteiger partial charge in [-0.15, -0.1) is 0 Å². The van der Waals surface area contributed by atoms with Crippen molar-refractivity contribution >= 4 is 21.7 Å². The Hall–Kier alpha value is -1.93. The first-order chi connectivity index (χ1) is 9.43. The Morgan fingerprint density at radius 1 is 0.895 bits per heavy atom. The molecular formula is C17H15NO. The molecule has 3 aromatic rings. The molecule has 0 aliphatic carbocycles. The van der Waals surface area contributed by atoms with Gasteiger partial charge in [0.2, 0.25) is 0 Å². The highest BCUT2D eigenvalue weighted by molar-refractivity contribution is 6.06. The van der Waals surface area contributed by atoms with Crippen molar-refractivity contribution in [2.75, 3.05) is 6.61 Å². The maximum Gasteiger partial charge on any atom is 0.100 e. The van der Waals surface area contributed by atoms with Crippen LogP contribution in [-0.2, 0) is 4.74 Å². The highest BCUT2D eigenvalue weighted by Crippen LogP contribution is 2.35. The lowest BCUT2D eigenvalue weighted by molar-refractivity contribution is 0.110. The van der Waals surface area contributed by atoms with Crippen molar-refractivity contribution in [3.63, 3.8) is 0 Å². The average molecular weight is 249 g/mol. The van der Waals surface area contributed by atoms with Crippen LogP contribution in [0.2, 0.25) is 0 Å². The third kappa shape index (κ3) is 1.71. The van der Waals surface area contributed by atoms with Gasteiger partial charge in [0.25, 0.3) is 0 Å². The minimum Gasteiger partial charge on any atom is -0.372 e. The molecule has 2 aromatic carbocycles. The zero-order valence-electron chi connectivity index (χ0n) is 10.7. The summed E-state index contributed by atoms with van der Waals surface area (Å²) in [5.74, 6) is 0. The lowest BCUT2D eigenvalue weighted by Gasteiger charge is -2.14. The predicted octanol–water partition coefficient (Wildman–Crippen LogP) is 4.24. The molecule has 1 aliphatic heterocycles. The number of fused-ring (bicyclic) bond motifs is 3. The summed E-state index contributed by atoms with van der Waals surface area (Å²) in [7, 11) is 0. The molecule has 4 rings (SSSR count). The highest BCUT2D eigenvalue weighted by Gasteiger charge is 2.22. The largest absolute Gasteiger partial charge is 0.372 e. The summed E-state index contributed by atoms with van der Waals surface area (Å²) < 4.78 is 5.83. The van der Waals surface area contributed by atoms with Gasteiger partial charge in [-0.05, 0) is 24.3 Å². The van der Waals surface area contributed by atoms with E-state index in [0.29, 0.717) is 0 Å². The van der Waals surface area contributed by atoms with Gasteiger partial charge < -0.3 is 4.74 Å². The Balaban J connectivity index is 2.09. The SMILES string of the molecule is c1ccc2c(c1)nc([C@H]1CCCO1)c1ccccc12. The van der Waals surface area contributed by atoms with Crippen LogP contribution in [0.4, 0.5) is 0 Å². The van der Waals surface area contributed by atoms with Gasteiger partial charge in [-0.2, -0.15) is 0 Å². The molecule has 0 spiro atoms. The maximum atomic E-state index is 5.83. The first-order valence-corrected chi connectivity index (χ1v) is 6.82. The molecule has 19 heavy (non-hydrogen) atoms. The number of hydrogen-bond donors (Lipinski definition) is 0. The van der Waals surface area contributed by atoms with E-state index >= 15 is 0 Å². The van der Waals surface area contributed by atoms with Gasteiger partial charge in [-0.3, -0.25) is 0 Å². The van der Waals surface area contributed by atoms with Gasteiger partial charge in [0.05, 0.1) is 11.2 Å². The molecule has 1 atom stereocenters. The van der Waals surface area contributed by atoms with E-state index < -0.39 is 0 Å². The molecule has 0 bridgehead atoms. The number of aromatic nitrogens is 1. The third-order valence-corrected chi connectivity index (χ3v) is 3.87. The maximum absolute atomic E-state index is 5.83. The Labute approximate surface area is 112 Å². The van der Waals surface area contributed by atoms with Gasteiger partial charge >= 0.3 is 0 Å². The van der Waals surface area contributed by atoms with Crippen LogP contribution in [0, 0.1) is 0 Å². The summed E-state index contributed by atoms with van der Waals surface area (Å²) >= 11 is 0. The minimum atomic E-state index is 0.162. The number of benzene rings is 2. The molecule has 1 aliphatic rings. The van der Waals surface area contributed by atoms with Gasteiger partial charge in [0, 0.05) is 17.4 Å². The summed E-state index contributed by atoms with van der Waals surface area (Å²) in [6, 6.07) is 16.9. The molecule has 0 saturated carbocycles. The number of pyridine rings is 1. The smallest absolute Gasteiger partial charge is 0.100 e. The van der Waals surface area contributed by atoms with Crippen LogP contribution in [0.15, 0.2) is 48.5 Å². The van der Waals surface area contributed by atoms with Crippen LogP contribution in [0.25, 0.3) is 21.7 Å². The standard InChI is InChI=1S/C17H15NO/c1-2-8-14-12(6-1)13-7-3-4-9-15(13)18-17(14)16-10-5-11-19-16/h1-4,6-9,16H,5,10-11H2/t16-/m1/s1. The summed E-state index contributed by atoms with van der Waals surface area (Å²) in [5, 5.41) is 3.73. The van der Waals surface area contributed by atoms with Crippen LogP contribution in [0.3, 0.4) is 0 Å². The van der Waals surface area contributed by atoms with E-state index in [1.807, 2.05) is 6.07 Å². The van der Waals surface area contributed by atoms with E-state index in [-0.39, 0.29) is 6.10 Å². The van der Waals surface area contributed by atoms with Crippen molar-refractivity contribution in [2.45, 2.75) is 18.9 Å². The van der Waals surface area contributed by atoms with E-state index in [1.54, 1.807) is 0 Å². The van der Waals surface area contributed by atoms with E-state index in [1.165, 1.54) is 16.2 Å². The molecule has 1 saturated heterocycles.